The molecular weight excluding hydrogens is 250 g/mol. The molecule has 1 amide bonds. The first-order valence-electron chi connectivity index (χ1n) is 5.58. The van der Waals surface area contributed by atoms with Crippen LogP contribution < -0.4 is 11.5 Å². The van der Waals surface area contributed by atoms with Gasteiger partial charge in [0, 0.05) is 23.4 Å². The third kappa shape index (κ3) is 2.44. The SMILES string of the molecule is Cc1cccc2cc(C(N)CC(N)=O)c(Cl)nc12. The molecule has 0 aliphatic rings. The smallest absolute Gasteiger partial charge is 0.219 e. The third-order valence-electron chi connectivity index (χ3n) is 2.85. The fourth-order valence-corrected chi connectivity index (χ4v) is 2.21. The number of benzene rings is 1. The summed E-state index contributed by atoms with van der Waals surface area (Å²) in [5.74, 6) is -0.456. The Balaban J connectivity index is 2.53. The summed E-state index contributed by atoms with van der Waals surface area (Å²) in [5, 5.41) is 1.28. The summed E-state index contributed by atoms with van der Waals surface area (Å²) in [5.41, 5.74) is 13.6. The Morgan fingerprint density at radius 1 is 1.50 bits per heavy atom. The minimum absolute atomic E-state index is 0.0543. The second kappa shape index (κ2) is 4.92. The van der Waals surface area contributed by atoms with Gasteiger partial charge in [-0.05, 0) is 18.6 Å². The second-order valence-corrected chi connectivity index (χ2v) is 4.65. The lowest BCUT2D eigenvalue weighted by Crippen LogP contribution is -2.21. The van der Waals surface area contributed by atoms with Crippen LogP contribution in [0.15, 0.2) is 24.3 Å². The van der Waals surface area contributed by atoms with E-state index in [9.17, 15) is 4.79 Å². The normalized spacial score (nSPS) is 12.6. The molecule has 94 valence electrons. The summed E-state index contributed by atoms with van der Waals surface area (Å²) in [6.45, 7) is 1.97. The topological polar surface area (TPSA) is 82.0 Å². The molecule has 4 nitrogen and oxygen atoms in total. The zero-order valence-electron chi connectivity index (χ0n) is 9.98. The van der Waals surface area contributed by atoms with Crippen molar-refractivity contribution in [3.05, 3.63) is 40.5 Å². The molecule has 2 aromatic rings. The van der Waals surface area contributed by atoms with Crippen molar-refractivity contribution in [2.45, 2.75) is 19.4 Å². The molecule has 2 rings (SSSR count). The van der Waals surface area contributed by atoms with Crippen LogP contribution >= 0.6 is 11.6 Å². The fourth-order valence-electron chi connectivity index (χ4n) is 1.93. The standard InChI is InChI=1S/C13H14ClN3O/c1-7-3-2-4-8-5-9(10(15)6-11(16)18)13(14)17-12(7)8/h2-5,10H,6,15H2,1H3,(H2,16,18). The highest BCUT2D eigenvalue weighted by Crippen LogP contribution is 2.27. The molecule has 18 heavy (non-hydrogen) atoms. The summed E-state index contributed by atoms with van der Waals surface area (Å²) in [7, 11) is 0. The Kier molecular flexibility index (Phi) is 3.50. The van der Waals surface area contributed by atoms with Crippen LogP contribution in [-0.2, 0) is 4.79 Å². The second-order valence-electron chi connectivity index (χ2n) is 4.29. The maximum absolute atomic E-state index is 10.9. The van der Waals surface area contributed by atoms with Gasteiger partial charge in [-0.25, -0.2) is 4.98 Å². The van der Waals surface area contributed by atoms with E-state index < -0.39 is 11.9 Å². The van der Waals surface area contributed by atoms with Gasteiger partial charge in [-0.2, -0.15) is 0 Å². The number of pyridine rings is 1. The van der Waals surface area contributed by atoms with E-state index >= 15 is 0 Å². The van der Waals surface area contributed by atoms with Gasteiger partial charge in [0.05, 0.1) is 5.52 Å². The number of primary amides is 1. The van der Waals surface area contributed by atoms with Gasteiger partial charge in [0.15, 0.2) is 0 Å². The zero-order chi connectivity index (χ0) is 13.3. The van der Waals surface area contributed by atoms with Gasteiger partial charge in [-0.15, -0.1) is 0 Å². The summed E-state index contributed by atoms with van der Waals surface area (Å²) in [6, 6.07) is 7.19. The highest BCUT2D eigenvalue weighted by atomic mass is 35.5. The van der Waals surface area contributed by atoms with Crippen molar-refractivity contribution < 1.29 is 4.79 Å². The highest BCUT2D eigenvalue weighted by molar-refractivity contribution is 6.30. The summed E-state index contributed by atoms with van der Waals surface area (Å²) >= 11 is 6.11. The van der Waals surface area contributed by atoms with Gasteiger partial charge >= 0.3 is 0 Å². The molecule has 0 aliphatic heterocycles. The molecule has 1 unspecified atom stereocenters. The molecule has 5 heteroatoms. The van der Waals surface area contributed by atoms with E-state index in [1.54, 1.807) is 0 Å². The lowest BCUT2D eigenvalue weighted by Gasteiger charge is -2.13. The van der Waals surface area contributed by atoms with Gasteiger partial charge in [0.25, 0.3) is 0 Å². The van der Waals surface area contributed by atoms with E-state index in [0.29, 0.717) is 10.7 Å². The zero-order valence-corrected chi connectivity index (χ0v) is 10.7. The minimum atomic E-state index is -0.521. The number of para-hydroxylation sites is 1. The van der Waals surface area contributed by atoms with E-state index in [1.165, 1.54) is 0 Å². The van der Waals surface area contributed by atoms with Gasteiger partial charge < -0.3 is 11.5 Å². The fraction of sp³-hybridized carbons (Fsp3) is 0.231. The summed E-state index contributed by atoms with van der Waals surface area (Å²) < 4.78 is 0. The quantitative estimate of drug-likeness (QED) is 0.832. The molecule has 0 radical (unpaired) electrons. The van der Waals surface area contributed by atoms with Crippen LogP contribution in [0.3, 0.4) is 0 Å². The average molecular weight is 264 g/mol. The Bertz CT molecular complexity index is 612. The van der Waals surface area contributed by atoms with Gasteiger partial charge in [-0.1, -0.05) is 29.8 Å². The number of carbonyl (C=O) groups excluding carboxylic acids is 1. The number of nitrogens with zero attached hydrogens (tertiary/aromatic N) is 1. The van der Waals surface area contributed by atoms with E-state index in [0.717, 1.165) is 16.5 Å². The molecule has 1 heterocycles. The van der Waals surface area contributed by atoms with Gasteiger partial charge in [0.1, 0.15) is 5.15 Å². The predicted molar refractivity (Wildman–Crippen MR) is 72.2 cm³/mol. The van der Waals surface area contributed by atoms with Crippen LogP contribution in [0.1, 0.15) is 23.6 Å². The van der Waals surface area contributed by atoms with E-state index in [2.05, 4.69) is 4.98 Å². The van der Waals surface area contributed by atoms with Gasteiger partial charge in [0.2, 0.25) is 5.91 Å². The van der Waals surface area contributed by atoms with Crippen LogP contribution in [0.5, 0.6) is 0 Å². The molecule has 0 saturated carbocycles. The van der Waals surface area contributed by atoms with E-state index in [1.807, 2.05) is 31.2 Å². The largest absolute Gasteiger partial charge is 0.370 e. The third-order valence-corrected chi connectivity index (χ3v) is 3.15. The highest BCUT2D eigenvalue weighted by Gasteiger charge is 2.15. The molecule has 0 spiro atoms. The van der Waals surface area contributed by atoms with Gasteiger partial charge in [-0.3, -0.25) is 4.79 Å². The van der Waals surface area contributed by atoms with Crippen molar-refractivity contribution >= 4 is 28.4 Å². The van der Waals surface area contributed by atoms with Crippen LogP contribution in [0.4, 0.5) is 0 Å². The van der Waals surface area contributed by atoms with Crippen molar-refractivity contribution in [2.24, 2.45) is 11.5 Å². The van der Waals surface area contributed by atoms with Crippen LogP contribution in [0.25, 0.3) is 10.9 Å². The number of fused-ring (bicyclic) bond motifs is 1. The molecule has 1 aromatic carbocycles. The number of hydrogen-bond donors (Lipinski definition) is 2. The maximum Gasteiger partial charge on any atom is 0.219 e. The molecule has 0 bridgehead atoms. The van der Waals surface area contributed by atoms with E-state index in [4.69, 9.17) is 23.1 Å². The molecule has 4 N–H and O–H groups in total. The Hall–Kier alpha value is -1.65. The monoisotopic (exact) mass is 263 g/mol. The lowest BCUT2D eigenvalue weighted by atomic mass is 10.0. The van der Waals surface area contributed by atoms with Crippen molar-refractivity contribution in [1.82, 2.24) is 4.98 Å². The Morgan fingerprint density at radius 2 is 2.22 bits per heavy atom. The lowest BCUT2D eigenvalue weighted by molar-refractivity contribution is -0.118. The van der Waals surface area contributed by atoms with Crippen molar-refractivity contribution in [3.8, 4) is 0 Å². The molecule has 1 atom stereocenters. The molecule has 1 aromatic heterocycles. The number of carbonyl (C=O) groups is 1. The molecule has 0 saturated heterocycles. The summed E-state index contributed by atoms with van der Waals surface area (Å²) in [4.78, 5) is 15.2. The number of nitrogens with two attached hydrogens (primary N) is 2. The minimum Gasteiger partial charge on any atom is -0.370 e. The van der Waals surface area contributed by atoms with Crippen molar-refractivity contribution in [1.29, 1.82) is 0 Å². The number of aryl methyl sites for hydroxylation is 1. The predicted octanol–water partition coefficient (Wildman–Crippen LogP) is 2.07. The number of hydrogen-bond acceptors (Lipinski definition) is 3. The number of aromatic nitrogens is 1. The number of rotatable bonds is 3. The average Bonchev–Trinajstić information content (AvgIpc) is 2.28. The Labute approximate surface area is 110 Å². The molecule has 0 fully saturated rings. The maximum atomic E-state index is 10.9. The van der Waals surface area contributed by atoms with E-state index in [-0.39, 0.29) is 6.42 Å². The van der Waals surface area contributed by atoms with Crippen LogP contribution in [-0.4, -0.2) is 10.9 Å². The molecular formula is C13H14ClN3O. The first-order chi connectivity index (χ1) is 8.49. The van der Waals surface area contributed by atoms with Crippen molar-refractivity contribution in [3.63, 3.8) is 0 Å². The Morgan fingerprint density at radius 3 is 2.89 bits per heavy atom. The first-order valence-corrected chi connectivity index (χ1v) is 5.96. The number of amides is 1. The molecule has 0 aliphatic carbocycles. The number of halogens is 1. The first kappa shape index (κ1) is 12.8. The van der Waals surface area contributed by atoms with Crippen LogP contribution in [0, 0.1) is 6.92 Å². The van der Waals surface area contributed by atoms with Crippen LogP contribution in [0.2, 0.25) is 5.15 Å². The summed E-state index contributed by atoms with van der Waals surface area (Å²) in [6.07, 6.45) is 0.0543. The van der Waals surface area contributed by atoms with Crippen molar-refractivity contribution in [2.75, 3.05) is 0 Å².